The first-order valence-corrected chi connectivity index (χ1v) is 7.61. The normalized spacial score (nSPS) is 29.2. The predicted molar refractivity (Wildman–Crippen MR) is 79.8 cm³/mol. The van der Waals surface area contributed by atoms with Crippen molar-refractivity contribution in [2.24, 2.45) is 17.6 Å². The molecule has 0 aromatic heterocycles. The second-order valence-corrected chi connectivity index (χ2v) is 6.43. The molecule has 0 aromatic rings. The minimum Gasteiger partial charge on any atom is -0.327 e. The van der Waals surface area contributed by atoms with E-state index in [1.165, 1.54) is 51.7 Å². The Labute approximate surface area is 114 Å². The summed E-state index contributed by atoms with van der Waals surface area (Å²) in [6.07, 6.45) is 6.50. The highest BCUT2D eigenvalue weighted by Gasteiger charge is 2.27. The molecule has 3 unspecified atom stereocenters. The summed E-state index contributed by atoms with van der Waals surface area (Å²) in [5.41, 5.74) is 6.29. The lowest BCUT2D eigenvalue weighted by molar-refractivity contribution is 0.168. The third kappa shape index (κ3) is 5.68. The first-order chi connectivity index (χ1) is 8.52. The fraction of sp³-hybridized carbons (Fsp3) is 1.00. The summed E-state index contributed by atoms with van der Waals surface area (Å²) in [6.45, 7) is 5.88. The molecule has 0 radical (unpaired) electrons. The van der Waals surface area contributed by atoms with Gasteiger partial charge in [-0.3, -0.25) is 0 Å². The maximum atomic E-state index is 6.29. The molecule has 1 aliphatic carbocycles. The van der Waals surface area contributed by atoms with Gasteiger partial charge < -0.3 is 15.5 Å². The van der Waals surface area contributed by atoms with Crippen LogP contribution in [-0.4, -0.2) is 56.6 Å². The van der Waals surface area contributed by atoms with E-state index in [-0.39, 0.29) is 0 Å². The van der Waals surface area contributed by atoms with Crippen molar-refractivity contribution in [1.82, 2.24) is 9.80 Å². The molecule has 3 heteroatoms. The molecule has 3 nitrogen and oxygen atoms in total. The Kier molecular flexibility index (Phi) is 7.20. The Hall–Kier alpha value is -0.120. The van der Waals surface area contributed by atoms with Gasteiger partial charge in [0.15, 0.2) is 0 Å². The Morgan fingerprint density at radius 2 is 1.83 bits per heavy atom. The molecule has 1 fully saturated rings. The zero-order chi connectivity index (χ0) is 13.5. The molecule has 1 rings (SSSR count). The maximum Gasteiger partial charge on any atom is 0.00795 e. The van der Waals surface area contributed by atoms with E-state index in [4.69, 9.17) is 5.73 Å². The van der Waals surface area contributed by atoms with E-state index in [1.807, 2.05) is 0 Å². The zero-order valence-corrected chi connectivity index (χ0v) is 12.9. The van der Waals surface area contributed by atoms with Gasteiger partial charge in [0.05, 0.1) is 0 Å². The van der Waals surface area contributed by atoms with Gasteiger partial charge in [0.1, 0.15) is 0 Å². The van der Waals surface area contributed by atoms with Crippen LogP contribution in [0.5, 0.6) is 0 Å². The molecule has 0 heterocycles. The van der Waals surface area contributed by atoms with Crippen LogP contribution in [0.25, 0.3) is 0 Å². The minimum atomic E-state index is 0.434. The molecule has 2 N–H and O–H groups in total. The largest absolute Gasteiger partial charge is 0.327 e. The third-order valence-corrected chi connectivity index (χ3v) is 4.42. The van der Waals surface area contributed by atoms with Crippen LogP contribution >= 0.6 is 0 Å². The average Bonchev–Trinajstić information content (AvgIpc) is 2.31. The highest BCUT2D eigenvalue weighted by Crippen LogP contribution is 2.30. The lowest BCUT2D eigenvalue weighted by atomic mass is 9.77. The van der Waals surface area contributed by atoms with Crippen LogP contribution in [0.3, 0.4) is 0 Å². The summed E-state index contributed by atoms with van der Waals surface area (Å²) in [6, 6.07) is 0.434. The molecule has 108 valence electrons. The molecule has 0 bridgehead atoms. The highest BCUT2D eigenvalue weighted by molar-refractivity contribution is 4.83. The molecule has 18 heavy (non-hydrogen) atoms. The van der Waals surface area contributed by atoms with Crippen LogP contribution in [0, 0.1) is 11.8 Å². The molecule has 0 aliphatic heterocycles. The lowest BCUT2D eigenvalue weighted by Gasteiger charge is -2.36. The van der Waals surface area contributed by atoms with E-state index in [1.54, 1.807) is 0 Å². The fourth-order valence-electron chi connectivity index (χ4n) is 3.11. The van der Waals surface area contributed by atoms with Crippen LogP contribution in [0.15, 0.2) is 0 Å². The van der Waals surface area contributed by atoms with Crippen molar-refractivity contribution in [2.75, 3.05) is 40.8 Å². The topological polar surface area (TPSA) is 32.5 Å². The van der Waals surface area contributed by atoms with Gasteiger partial charge in [-0.05, 0) is 71.8 Å². The van der Waals surface area contributed by atoms with Gasteiger partial charge >= 0.3 is 0 Å². The molecule has 0 saturated heterocycles. The molecular formula is C15H33N3. The second-order valence-electron chi connectivity index (χ2n) is 6.43. The Morgan fingerprint density at radius 3 is 2.44 bits per heavy atom. The second kappa shape index (κ2) is 8.13. The molecule has 1 aliphatic rings. The Bertz CT molecular complexity index is 218. The average molecular weight is 255 g/mol. The molecule has 0 amide bonds. The fourth-order valence-corrected chi connectivity index (χ4v) is 3.11. The molecule has 1 saturated carbocycles. The summed E-state index contributed by atoms with van der Waals surface area (Å²) in [5, 5.41) is 0. The highest BCUT2D eigenvalue weighted by atomic mass is 15.1. The monoisotopic (exact) mass is 255 g/mol. The van der Waals surface area contributed by atoms with E-state index in [2.05, 4.69) is 37.9 Å². The van der Waals surface area contributed by atoms with Crippen LogP contribution in [0.4, 0.5) is 0 Å². The molecule has 3 atom stereocenters. The summed E-state index contributed by atoms with van der Waals surface area (Å²) >= 11 is 0. The predicted octanol–water partition coefficient (Wildman–Crippen LogP) is 2.02. The van der Waals surface area contributed by atoms with Crippen LogP contribution in [-0.2, 0) is 0 Å². The van der Waals surface area contributed by atoms with Gasteiger partial charge in [-0.25, -0.2) is 0 Å². The first kappa shape index (κ1) is 15.9. The smallest absolute Gasteiger partial charge is 0.00795 e. The summed E-state index contributed by atoms with van der Waals surface area (Å²) in [4.78, 5) is 4.74. The number of nitrogens with zero attached hydrogens (tertiary/aromatic N) is 2. The lowest BCUT2D eigenvalue weighted by Crippen LogP contribution is -2.42. The minimum absolute atomic E-state index is 0.434. The van der Waals surface area contributed by atoms with Crippen molar-refractivity contribution >= 4 is 0 Å². The SMILES string of the molecule is CCC1CCC(N)C(CN(C)CCCN(C)C)C1. The van der Waals surface area contributed by atoms with E-state index >= 15 is 0 Å². The summed E-state index contributed by atoms with van der Waals surface area (Å²) in [5.74, 6) is 1.64. The van der Waals surface area contributed by atoms with Gasteiger partial charge in [-0.1, -0.05) is 13.3 Å². The van der Waals surface area contributed by atoms with Crippen LogP contribution in [0.2, 0.25) is 0 Å². The van der Waals surface area contributed by atoms with E-state index in [0.29, 0.717) is 12.0 Å². The van der Waals surface area contributed by atoms with Gasteiger partial charge in [0.2, 0.25) is 0 Å². The van der Waals surface area contributed by atoms with Gasteiger partial charge in [-0.2, -0.15) is 0 Å². The van der Waals surface area contributed by atoms with Gasteiger partial charge in [-0.15, -0.1) is 0 Å². The Morgan fingerprint density at radius 1 is 1.11 bits per heavy atom. The van der Waals surface area contributed by atoms with Crippen molar-refractivity contribution < 1.29 is 0 Å². The number of rotatable bonds is 7. The Balaban J connectivity index is 2.26. The van der Waals surface area contributed by atoms with Crippen molar-refractivity contribution in [3.8, 4) is 0 Å². The maximum absolute atomic E-state index is 6.29. The van der Waals surface area contributed by atoms with Crippen LogP contribution in [0.1, 0.15) is 39.0 Å². The van der Waals surface area contributed by atoms with Crippen molar-refractivity contribution in [2.45, 2.75) is 45.1 Å². The first-order valence-electron chi connectivity index (χ1n) is 7.61. The summed E-state index contributed by atoms with van der Waals surface area (Å²) < 4.78 is 0. The number of hydrogen-bond acceptors (Lipinski definition) is 3. The quantitative estimate of drug-likeness (QED) is 0.755. The van der Waals surface area contributed by atoms with E-state index in [9.17, 15) is 0 Å². The van der Waals surface area contributed by atoms with Crippen molar-refractivity contribution in [3.05, 3.63) is 0 Å². The molecule has 0 aromatic carbocycles. The van der Waals surface area contributed by atoms with Gasteiger partial charge in [0.25, 0.3) is 0 Å². The molecular weight excluding hydrogens is 222 g/mol. The standard InChI is InChI=1S/C15H33N3/c1-5-13-7-8-15(16)14(11-13)12-18(4)10-6-9-17(2)3/h13-15H,5-12,16H2,1-4H3. The van der Waals surface area contributed by atoms with Crippen molar-refractivity contribution in [1.29, 1.82) is 0 Å². The van der Waals surface area contributed by atoms with E-state index in [0.717, 1.165) is 5.92 Å². The van der Waals surface area contributed by atoms with E-state index < -0.39 is 0 Å². The third-order valence-electron chi connectivity index (χ3n) is 4.42. The number of nitrogens with two attached hydrogens (primary N) is 1. The number of hydrogen-bond donors (Lipinski definition) is 1. The van der Waals surface area contributed by atoms with Gasteiger partial charge in [0, 0.05) is 12.6 Å². The van der Waals surface area contributed by atoms with Crippen LogP contribution < -0.4 is 5.73 Å². The summed E-state index contributed by atoms with van der Waals surface area (Å²) in [7, 11) is 6.53. The van der Waals surface area contributed by atoms with Crippen molar-refractivity contribution in [3.63, 3.8) is 0 Å². The molecule has 0 spiro atoms. The zero-order valence-electron chi connectivity index (χ0n) is 12.9.